The molecular weight excluding hydrogens is 367 g/mol. The van der Waals surface area contributed by atoms with Gasteiger partial charge in [0.05, 0.1) is 12.1 Å². The number of nitrogen functional groups attached to an aromatic ring is 1. The van der Waals surface area contributed by atoms with Crippen LogP contribution < -0.4 is 11.1 Å². The largest absolute Gasteiger partial charge is 0.399 e. The Morgan fingerprint density at radius 3 is 2.71 bits per heavy atom. The van der Waals surface area contributed by atoms with Crippen molar-refractivity contribution in [2.24, 2.45) is 0 Å². The Labute approximate surface area is 158 Å². The summed E-state index contributed by atoms with van der Waals surface area (Å²) in [4.78, 5) is 20.3. The minimum absolute atomic E-state index is 0. The maximum Gasteiger partial charge on any atom is 0.230 e. The Morgan fingerprint density at radius 2 is 2.04 bits per heavy atom. The molecule has 0 spiro atoms. The van der Waals surface area contributed by atoms with Gasteiger partial charge in [0.25, 0.3) is 0 Å². The fraction of sp³-hybridized carbons (Fsp3) is 0.375. The zero-order chi connectivity index (χ0) is 15.5. The molecule has 0 bridgehead atoms. The third-order valence-electron chi connectivity index (χ3n) is 3.85. The topological polar surface area (TPSA) is 71.2 Å². The first kappa shape index (κ1) is 20.7. The molecular formula is C16H22Cl2N4OS. The van der Waals surface area contributed by atoms with Gasteiger partial charge < -0.3 is 11.1 Å². The molecule has 0 saturated heterocycles. The SMILES string of the molecule is CCN1CCc2nc(NC(=O)Cc3ccc(N)cc3)sc2C1.Cl.Cl. The van der Waals surface area contributed by atoms with Gasteiger partial charge >= 0.3 is 0 Å². The highest BCUT2D eigenvalue weighted by molar-refractivity contribution is 7.15. The summed E-state index contributed by atoms with van der Waals surface area (Å²) in [6.45, 7) is 5.21. The molecule has 1 amide bonds. The molecule has 0 aliphatic carbocycles. The van der Waals surface area contributed by atoms with Crippen LogP contribution in [0, 0.1) is 0 Å². The summed E-state index contributed by atoms with van der Waals surface area (Å²) in [5, 5.41) is 3.63. The van der Waals surface area contributed by atoms with Crippen LogP contribution in [0.5, 0.6) is 0 Å². The number of benzene rings is 1. The maximum absolute atomic E-state index is 12.1. The summed E-state index contributed by atoms with van der Waals surface area (Å²) in [5.74, 6) is -0.0387. The first-order valence-corrected chi connectivity index (χ1v) is 8.31. The van der Waals surface area contributed by atoms with Crippen LogP contribution in [0.1, 0.15) is 23.1 Å². The van der Waals surface area contributed by atoms with Crippen LogP contribution in [-0.2, 0) is 24.2 Å². The lowest BCUT2D eigenvalue weighted by atomic mass is 10.1. The highest BCUT2D eigenvalue weighted by Crippen LogP contribution is 2.28. The van der Waals surface area contributed by atoms with Crippen LogP contribution in [0.15, 0.2) is 24.3 Å². The number of thiazole rings is 1. The van der Waals surface area contributed by atoms with Crippen molar-refractivity contribution in [1.29, 1.82) is 0 Å². The molecule has 8 heteroatoms. The molecule has 5 nitrogen and oxygen atoms in total. The van der Waals surface area contributed by atoms with Gasteiger partial charge in [-0.2, -0.15) is 0 Å². The molecule has 0 atom stereocenters. The predicted molar refractivity (Wildman–Crippen MR) is 104 cm³/mol. The zero-order valence-corrected chi connectivity index (χ0v) is 15.9. The molecule has 1 aliphatic heterocycles. The van der Waals surface area contributed by atoms with E-state index in [0.717, 1.165) is 37.3 Å². The van der Waals surface area contributed by atoms with Crippen molar-refractivity contribution in [3.8, 4) is 0 Å². The Morgan fingerprint density at radius 1 is 1.33 bits per heavy atom. The number of hydrogen-bond acceptors (Lipinski definition) is 5. The minimum atomic E-state index is -0.0387. The summed E-state index contributed by atoms with van der Waals surface area (Å²) < 4.78 is 0. The molecule has 3 rings (SSSR count). The van der Waals surface area contributed by atoms with Gasteiger partial charge in [0, 0.05) is 30.1 Å². The second kappa shape index (κ2) is 9.22. The van der Waals surface area contributed by atoms with E-state index in [1.165, 1.54) is 4.88 Å². The quantitative estimate of drug-likeness (QED) is 0.789. The molecule has 1 aromatic carbocycles. The number of nitrogens with one attached hydrogen (secondary N) is 1. The van der Waals surface area contributed by atoms with Gasteiger partial charge in [-0.15, -0.1) is 36.2 Å². The first-order chi connectivity index (χ1) is 10.6. The average Bonchev–Trinajstić information content (AvgIpc) is 2.90. The van der Waals surface area contributed by atoms with E-state index < -0.39 is 0 Å². The van der Waals surface area contributed by atoms with Crippen LogP contribution in [-0.4, -0.2) is 28.9 Å². The predicted octanol–water partition coefficient (Wildman–Crippen LogP) is 3.13. The number of halogens is 2. The van der Waals surface area contributed by atoms with E-state index in [9.17, 15) is 4.79 Å². The van der Waals surface area contributed by atoms with Gasteiger partial charge in [-0.05, 0) is 24.2 Å². The highest BCUT2D eigenvalue weighted by atomic mass is 35.5. The minimum Gasteiger partial charge on any atom is -0.399 e. The smallest absolute Gasteiger partial charge is 0.230 e. The van der Waals surface area contributed by atoms with Crippen LogP contribution >= 0.6 is 36.2 Å². The van der Waals surface area contributed by atoms with Gasteiger partial charge in [-0.25, -0.2) is 4.98 Å². The molecule has 0 saturated carbocycles. The second-order valence-electron chi connectivity index (χ2n) is 5.47. The van der Waals surface area contributed by atoms with Crippen LogP contribution in [0.4, 0.5) is 10.8 Å². The maximum atomic E-state index is 12.1. The molecule has 0 unspecified atom stereocenters. The van der Waals surface area contributed by atoms with Crippen LogP contribution in [0.2, 0.25) is 0 Å². The number of nitrogens with two attached hydrogens (primary N) is 1. The van der Waals surface area contributed by atoms with Crippen molar-refractivity contribution in [1.82, 2.24) is 9.88 Å². The van der Waals surface area contributed by atoms with Crippen LogP contribution in [0.25, 0.3) is 0 Å². The third kappa shape index (κ3) is 5.08. The lowest BCUT2D eigenvalue weighted by Gasteiger charge is -2.23. The molecule has 2 heterocycles. The van der Waals surface area contributed by atoms with Crippen LogP contribution in [0.3, 0.4) is 0 Å². The summed E-state index contributed by atoms with van der Waals surface area (Å²) in [6.07, 6.45) is 1.30. The van der Waals surface area contributed by atoms with Gasteiger partial charge in [0.1, 0.15) is 0 Å². The lowest BCUT2D eigenvalue weighted by molar-refractivity contribution is -0.115. The molecule has 0 fully saturated rings. The number of likely N-dealkylation sites (N-methyl/N-ethyl adjacent to an activating group) is 1. The monoisotopic (exact) mass is 388 g/mol. The van der Waals surface area contributed by atoms with E-state index in [1.54, 1.807) is 11.3 Å². The van der Waals surface area contributed by atoms with E-state index in [1.807, 2.05) is 24.3 Å². The Hall–Kier alpha value is -1.34. The highest BCUT2D eigenvalue weighted by Gasteiger charge is 2.20. The molecule has 1 aliphatic rings. The second-order valence-corrected chi connectivity index (χ2v) is 6.56. The number of aromatic nitrogens is 1. The standard InChI is InChI=1S/C16H20N4OS.2ClH/c1-2-20-8-7-13-14(10-20)22-16(18-13)19-15(21)9-11-3-5-12(17)6-4-11;;/h3-6H,2,7-10,17H2,1H3,(H,18,19,21);2*1H. The number of rotatable bonds is 4. The lowest BCUT2D eigenvalue weighted by Crippen LogP contribution is -2.29. The Kier molecular flexibility index (Phi) is 7.96. The number of fused-ring (bicyclic) bond motifs is 1. The summed E-state index contributed by atoms with van der Waals surface area (Å²) >= 11 is 1.59. The number of hydrogen-bond donors (Lipinski definition) is 2. The van der Waals surface area contributed by atoms with Gasteiger partial charge in [-0.1, -0.05) is 19.1 Å². The van der Waals surface area contributed by atoms with Crippen molar-refractivity contribution < 1.29 is 4.79 Å². The molecule has 0 radical (unpaired) electrons. The number of amides is 1. The molecule has 132 valence electrons. The molecule has 2 aromatic rings. The van der Waals surface area contributed by atoms with Crippen molar-refractivity contribution in [3.05, 3.63) is 40.4 Å². The molecule has 3 N–H and O–H groups in total. The summed E-state index contributed by atoms with van der Waals surface area (Å²) in [7, 11) is 0. The van der Waals surface area contributed by atoms with E-state index in [0.29, 0.717) is 17.2 Å². The van der Waals surface area contributed by atoms with Crippen molar-refractivity contribution >= 4 is 52.9 Å². The van der Waals surface area contributed by atoms with E-state index in [2.05, 4.69) is 22.1 Å². The van der Waals surface area contributed by atoms with Crippen molar-refractivity contribution in [2.45, 2.75) is 26.3 Å². The Balaban J connectivity index is 0.00000144. The number of carbonyl (C=O) groups is 1. The fourth-order valence-electron chi connectivity index (χ4n) is 2.56. The molecule has 24 heavy (non-hydrogen) atoms. The van der Waals surface area contributed by atoms with Crippen molar-refractivity contribution in [2.75, 3.05) is 24.1 Å². The number of anilines is 2. The first-order valence-electron chi connectivity index (χ1n) is 7.49. The Bertz CT molecular complexity index is 675. The average molecular weight is 389 g/mol. The van der Waals surface area contributed by atoms with E-state index in [-0.39, 0.29) is 30.7 Å². The van der Waals surface area contributed by atoms with Gasteiger partial charge in [-0.3, -0.25) is 9.69 Å². The fourth-order valence-corrected chi connectivity index (χ4v) is 3.62. The third-order valence-corrected chi connectivity index (χ3v) is 4.85. The zero-order valence-electron chi connectivity index (χ0n) is 13.4. The molecule has 1 aromatic heterocycles. The normalized spacial score (nSPS) is 13.4. The van der Waals surface area contributed by atoms with Crippen molar-refractivity contribution in [3.63, 3.8) is 0 Å². The number of nitrogens with zero attached hydrogens (tertiary/aromatic N) is 2. The number of carbonyl (C=O) groups excluding carboxylic acids is 1. The van der Waals surface area contributed by atoms with E-state index >= 15 is 0 Å². The van der Waals surface area contributed by atoms with E-state index in [4.69, 9.17) is 5.73 Å². The summed E-state index contributed by atoms with van der Waals surface area (Å²) in [5.41, 5.74) is 8.44. The summed E-state index contributed by atoms with van der Waals surface area (Å²) in [6, 6.07) is 7.37. The van der Waals surface area contributed by atoms with Gasteiger partial charge in [0.2, 0.25) is 5.91 Å². The van der Waals surface area contributed by atoms with Gasteiger partial charge in [0.15, 0.2) is 5.13 Å².